The molecule has 0 radical (unpaired) electrons. The highest BCUT2D eigenvalue weighted by atomic mass is 16.4. The third kappa shape index (κ3) is 3.77. The van der Waals surface area contributed by atoms with Gasteiger partial charge in [-0.05, 0) is 44.0 Å². The predicted molar refractivity (Wildman–Crippen MR) is 70.7 cm³/mol. The largest absolute Gasteiger partial charge is 0.478 e. The van der Waals surface area contributed by atoms with Crippen LogP contribution in [-0.4, -0.2) is 23.7 Å². The van der Waals surface area contributed by atoms with Crippen LogP contribution in [0.5, 0.6) is 0 Å². The van der Waals surface area contributed by atoms with Crippen LogP contribution < -0.4 is 4.90 Å². The molecule has 17 heavy (non-hydrogen) atoms. The molecule has 1 aromatic rings. The number of hydrogen-bond acceptors (Lipinski definition) is 2. The Morgan fingerprint density at radius 3 is 2.06 bits per heavy atom. The van der Waals surface area contributed by atoms with Gasteiger partial charge < -0.3 is 10.0 Å². The van der Waals surface area contributed by atoms with Crippen LogP contribution in [0, 0.1) is 5.92 Å². The molecule has 0 atom stereocenters. The molecule has 0 aliphatic rings. The van der Waals surface area contributed by atoms with Crippen molar-refractivity contribution in [2.45, 2.75) is 33.7 Å². The summed E-state index contributed by atoms with van der Waals surface area (Å²) in [5.41, 5.74) is 1.42. The van der Waals surface area contributed by atoms with E-state index in [4.69, 9.17) is 5.11 Å². The van der Waals surface area contributed by atoms with Crippen LogP contribution >= 0.6 is 0 Å². The van der Waals surface area contributed by atoms with Crippen molar-refractivity contribution in [3.8, 4) is 0 Å². The first-order valence-electron chi connectivity index (χ1n) is 6.01. The second-order valence-electron chi connectivity index (χ2n) is 4.99. The molecule has 1 rings (SSSR count). The van der Waals surface area contributed by atoms with Crippen molar-refractivity contribution in [2.24, 2.45) is 5.92 Å². The lowest BCUT2D eigenvalue weighted by Crippen LogP contribution is -2.34. The van der Waals surface area contributed by atoms with E-state index in [2.05, 4.69) is 32.6 Å². The fourth-order valence-electron chi connectivity index (χ4n) is 1.80. The van der Waals surface area contributed by atoms with Gasteiger partial charge in [-0.2, -0.15) is 0 Å². The average Bonchev–Trinajstić information content (AvgIpc) is 2.25. The molecule has 0 saturated heterocycles. The van der Waals surface area contributed by atoms with Crippen LogP contribution in [-0.2, 0) is 0 Å². The number of carbonyl (C=O) groups is 1. The zero-order valence-electron chi connectivity index (χ0n) is 11.0. The summed E-state index contributed by atoms with van der Waals surface area (Å²) < 4.78 is 0. The number of hydrogen-bond donors (Lipinski definition) is 1. The van der Waals surface area contributed by atoms with Crippen molar-refractivity contribution in [1.82, 2.24) is 0 Å². The Balaban J connectivity index is 2.91. The zero-order valence-corrected chi connectivity index (χ0v) is 11.0. The molecule has 0 aliphatic carbocycles. The van der Waals surface area contributed by atoms with Gasteiger partial charge in [0.1, 0.15) is 0 Å². The van der Waals surface area contributed by atoms with E-state index in [9.17, 15) is 4.79 Å². The Labute approximate surface area is 103 Å². The smallest absolute Gasteiger partial charge is 0.335 e. The van der Waals surface area contributed by atoms with E-state index in [0.29, 0.717) is 17.5 Å². The van der Waals surface area contributed by atoms with Gasteiger partial charge in [-0.1, -0.05) is 13.8 Å². The molecule has 0 aromatic heterocycles. The third-order valence-electron chi connectivity index (χ3n) is 2.63. The quantitative estimate of drug-likeness (QED) is 0.851. The van der Waals surface area contributed by atoms with Crippen LogP contribution in [0.3, 0.4) is 0 Å². The SMILES string of the molecule is CC(C)CN(c1ccc(C(=O)O)cc1)C(C)C. The van der Waals surface area contributed by atoms with Gasteiger partial charge in [0.2, 0.25) is 0 Å². The molecule has 3 heteroatoms. The first kappa shape index (κ1) is 13.6. The minimum absolute atomic E-state index is 0.335. The molecule has 0 fully saturated rings. The molecule has 3 nitrogen and oxygen atoms in total. The van der Waals surface area contributed by atoms with Gasteiger partial charge in [-0.15, -0.1) is 0 Å². The minimum atomic E-state index is -0.878. The molecular weight excluding hydrogens is 214 g/mol. The second-order valence-corrected chi connectivity index (χ2v) is 4.99. The number of anilines is 1. The maximum atomic E-state index is 10.8. The first-order valence-corrected chi connectivity index (χ1v) is 6.01. The monoisotopic (exact) mass is 235 g/mol. The lowest BCUT2D eigenvalue weighted by molar-refractivity contribution is 0.0697. The van der Waals surface area contributed by atoms with Gasteiger partial charge in [-0.25, -0.2) is 4.79 Å². The van der Waals surface area contributed by atoms with Crippen molar-refractivity contribution in [2.75, 3.05) is 11.4 Å². The van der Waals surface area contributed by atoms with Crippen LogP contribution in [0.4, 0.5) is 5.69 Å². The topological polar surface area (TPSA) is 40.5 Å². The summed E-state index contributed by atoms with van der Waals surface area (Å²) in [4.78, 5) is 13.1. The molecule has 0 amide bonds. The maximum absolute atomic E-state index is 10.8. The summed E-state index contributed by atoms with van der Waals surface area (Å²) in [7, 11) is 0. The van der Waals surface area contributed by atoms with E-state index in [-0.39, 0.29) is 0 Å². The van der Waals surface area contributed by atoms with Crippen molar-refractivity contribution in [3.63, 3.8) is 0 Å². The molecule has 94 valence electrons. The van der Waals surface area contributed by atoms with E-state index < -0.39 is 5.97 Å². The van der Waals surface area contributed by atoms with E-state index in [1.165, 1.54) is 0 Å². The van der Waals surface area contributed by atoms with E-state index >= 15 is 0 Å². The minimum Gasteiger partial charge on any atom is -0.478 e. The zero-order chi connectivity index (χ0) is 13.0. The maximum Gasteiger partial charge on any atom is 0.335 e. The highest BCUT2D eigenvalue weighted by molar-refractivity contribution is 5.88. The summed E-state index contributed by atoms with van der Waals surface area (Å²) in [6, 6.07) is 7.49. The van der Waals surface area contributed by atoms with Gasteiger partial charge in [0, 0.05) is 18.3 Å². The van der Waals surface area contributed by atoms with Gasteiger partial charge >= 0.3 is 5.97 Å². The van der Waals surface area contributed by atoms with E-state index in [1.54, 1.807) is 12.1 Å². The molecule has 0 spiro atoms. The van der Waals surface area contributed by atoms with E-state index in [1.807, 2.05) is 12.1 Å². The summed E-state index contributed by atoms with van der Waals surface area (Å²) in [6.07, 6.45) is 0. The van der Waals surface area contributed by atoms with Crippen LogP contribution in [0.25, 0.3) is 0 Å². The second kappa shape index (κ2) is 5.71. The molecule has 1 aromatic carbocycles. The predicted octanol–water partition coefficient (Wildman–Crippen LogP) is 3.26. The Morgan fingerprint density at radius 2 is 1.71 bits per heavy atom. The normalized spacial score (nSPS) is 10.9. The Kier molecular flexibility index (Phi) is 4.55. The average molecular weight is 235 g/mol. The summed E-state index contributed by atoms with van der Waals surface area (Å²) in [6.45, 7) is 9.63. The van der Waals surface area contributed by atoms with Crippen LogP contribution in [0.15, 0.2) is 24.3 Å². The highest BCUT2D eigenvalue weighted by Crippen LogP contribution is 2.19. The number of aromatic carboxylic acids is 1. The Morgan fingerprint density at radius 1 is 1.18 bits per heavy atom. The third-order valence-corrected chi connectivity index (χ3v) is 2.63. The number of benzene rings is 1. The molecule has 1 N–H and O–H groups in total. The molecule has 0 unspecified atom stereocenters. The van der Waals surface area contributed by atoms with Crippen molar-refractivity contribution in [3.05, 3.63) is 29.8 Å². The van der Waals surface area contributed by atoms with Gasteiger partial charge in [0.25, 0.3) is 0 Å². The molecule has 0 bridgehead atoms. The number of nitrogens with zero attached hydrogens (tertiary/aromatic N) is 1. The summed E-state index contributed by atoms with van der Waals surface area (Å²) in [5, 5.41) is 8.86. The highest BCUT2D eigenvalue weighted by Gasteiger charge is 2.12. The molecule has 0 saturated carbocycles. The number of carboxylic acids is 1. The first-order chi connectivity index (χ1) is 7.91. The Bertz CT molecular complexity index is 368. The lowest BCUT2D eigenvalue weighted by atomic mass is 10.1. The van der Waals surface area contributed by atoms with Crippen LogP contribution in [0.2, 0.25) is 0 Å². The summed E-state index contributed by atoms with van der Waals surface area (Å²) >= 11 is 0. The summed E-state index contributed by atoms with van der Waals surface area (Å²) in [5.74, 6) is -0.298. The van der Waals surface area contributed by atoms with Gasteiger partial charge in [0.05, 0.1) is 5.56 Å². The van der Waals surface area contributed by atoms with Crippen molar-refractivity contribution < 1.29 is 9.90 Å². The fraction of sp³-hybridized carbons (Fsp3) is 0.500. The molecule has 0 aliphatic heterocycles. The van der Waals surface area contributed by atoms with E-state index in [0.717, 1.165) is 12.2 Å². The lowest BCUT2D eigenvalue weighted by Gasteiger charge is -2.30. The fourth-order valence-corrected chi connectivity index (χ4v) is 1.80. The Hall–Kier alpha value is -1.51. The molecular formula is C14H21NO2. The van der Waals surface area contributed by atoms with Crippen molar-refractivity contribution in [1.29, 1.82) is 0 Å². The van der Waals surface area contributed by atoms with Gasteiger partial charge in [0.15, 0.2) is 0 Å². The van der Waals surface area contributed by atoms with Gasteiger partial charge in [-0.3, -0.25) is 0 Å². The number of carboxylic acid groups (broad SMARTS) is 1. The number of rotatable bonds is 5. The standard InChI is InChI=1S/C14H21NO2/c1-10(2)9-15(11(3)4)13-7-5-12(6-8-13)14(16)17/h5-8,10-11H,9H2,1-4H3,(H,16,17). The van der Waals surface area contributed by atoms with Crippen LogP contribution in [0.1, 0.15) is 38.1 Å². The van der Waals surface area contributed by atoms with Crippen molar-refractivity contribution >= 4 is 11.7 Å². The molecule has 0 heterocycles.